The molecule has 0 amide bonds. The van der Waals surface area contributed by atoms with Crippen molar-refractivity contribution in [2.75, 3.05) is 26.2 Å². The minimum Gasteiger partial charge on any atom is -0.330 e. The zero-order valence-corrected chi connectivity index (χ0v) is 12.5. The van der Waals surface area contributed by atoms with E-state index in [0.717, 1.165) is 23.8 Å². The first kappa shape index (κ1) is 14.3. The zero-order chi connectivity index (χ0) is 13.0. The number of nitrogens with two attached hydrogens (primary N) is 1. The first-order valence-electron chi connectivity index (χ1n) is 8.06. The molecular formula is C16H32N2. The molecule has 0 aromatic rings. The van der Waals surface area contributed by atoms with Crippen molar-refractivity contribution in [3.8, 4) is 0 Å². The molecule has 0 aromatic carbocycles. The van der Waals surface area contributed by atoms with Crippen LogP contribution in [0.3, 0.4) is 0 Å². The zero-order valence-electron chi connectivity index (χ0n) is 12.5. The van der Waals surface area contributed by atoms with Crippen molar-refractivity contribution in [3.63, 3.8) is 0 Å². The molecule has 106 valence electrons. The smallest absolute Gasteiger partial charge is 0.00385 e. The molecule has 0 radical (unpaired) electrons. The molecule has 1 spiro atoms. The largest absolute Gasteiger partial charge is 0.330 e. The van der Waals surface area contributed by atoms with Crippen molar-refractivity contribution in [1.29, 1.82) is 0 Å². The average Bonchev–Trinajstić information content (AvgIpc) is 2.95. The number of nitrogens with zero attached hydrogens (tertiary/aromatic N) is 1. The summed E-state index contributed by atoms with van der Waals surface area (Å²) >= 11 is 0. The summed E-state index contributed by atoms with van der Waals surface area (Å²) in [6.07, 6.45) is 10.0. The van der Waals surface area contributed by atoms with E-state index < -0.39 is 0 Å². The van der Waals surface area contributed by atoms with Crippen LogP contribution in [0.2, 0.25) is 0 Å². The fourth-order valence-corrected chi connectivity index (χ4v) is 4.12. The van der Waals surface area contributed by atoms with Gasteiger partial charge in [0.25, 0.3) is 0 Å². The van der Waals surface area contributed by atoms with Gasteiger partial charge in [-0.1, -0.05) is 26.7 Å². The molecule has 1 aliphatic carbocycles. The van der Waals surface area contributed by atoms with Crippen molar-refractivity contribution in [2.45, 2.75) is 58.8 Å². The number of rotatable bonds is 6. The van der Waals surface area contributed by atoms with Gasteiger partial charge in [0.05, 0.1) is 0 Å². The molecule has 1 atom stereocenters. The molecule has 1 saturated carbocycles. The second kappa shape index (κ2) is 6.38. The highest BCUT2D eigenvalue weighted by Gasteiger charge is 2.39. The molecule has 18 heavy (non-hydrogen) atoms. The van der Waals surface area contributed by atoms with Crippen molar-refractivity contribution in [1.82, 2.24) is 4.90 Å². The van der Waals surface area contributed by atoms with Crippen molar-refractivity contribution in [3.05, 3.63) is 0 Å². The van der Waals surface area contributed by atoms with Crippen molar-refractivity contribution in [2.24, 2.45) is 23.0 Å². The highest BCUT2D eigenvalue weighted by Crippen LogP contribution is 2.45. The Balaban J connectivity index is 1.71. The normalized spacial score (nSPS) is 25.3. The monoisotopic (exact) mass is 252 g/mol. The summed E-state index contributed by atoms with van der Waals surface area (Å²) in [7, 11) is 0. The predicted octanol–water partition coefficient (Wildman–Crippen LogP) is 3.26. The summed E-state index contributed by atoms with van der Waals surface area (Å²) in [6.45, 7) is 9.51. The molecule has 1 heterocycles. The van der Waals surface area contributed by atoms with Gasteiger partial charge in [-0.15, -0.1) is 0 Å². The van der Waals surface area contributed by atoms with Crippen molar-refractivity contribution >= 4 is 0 Å². The average molecular weight is 252 g/mol. The second-order valence-electron chi connectivity index (χ2n) is 7.25. The van der Waals surface area contributed by atoms with Gasteiger partial charge in [0.1, 0.15) is 0 Å². The van der Waals surface area contributed by atoms with Crippen LogP contribution >= 0.6 is 0 Å². The minimum absolute atomic E-state index is 0.732. The van der Waals surface area contributed by atoms with Crippen molar-refractivity contribution < 1.29 is 0 Å². The van der Waals surface area contributed by atoms with E-state index in [1.54, 1.807) is 0 Å². The second-order valence-corrected chi connectivity index (χ2v) is 7.25. The summed E-state index contributed by atoms with van der Waals surface area (Å²) in [4.78, 5) is 2.72. The lowest BCUT2D eigenvalue weighted by molar-refractivity contribution is 0.241. The summed E-state index contributed by atoms with van der Waals surface area (Å²) < 4.78 is 0. The van der Waals surface area contributed by atoms with Crippen LogP contribution in [0.4, 0.5) is 0 Å². The van der Waals surface area contributed by atoms with Crippen LogP contribution in [0.15, 0.2) is 0 Å². The van der Waals surface area contributed by atoms with Crippen LogP contribution in [0, 0.1) is 17.3 Å². The molecule has 1 aliphatic heterocycles. The lowest BCUT2D eigenvalue weighted by Crippen LogP contribution is -2.29. The molecule has 1 saturated heterocycles. The fourth-order valence-electron chi connectivity index (χ4n) is 4.12. The van der Waals surface area contributed by atoms with E-state index in [0.29, 0.717) is 0 Å². The maximum Gasteiger partial charge on any atom is 0.00385 e. The van der Waals surface area contributed by atoms with E-state index in [2.05, 4.69) is 18.7 Å². The maximum atomic E-state index is 5.90. The lowest BCUT2D eigenvalue weighted by atomic mass is 9.86. The molecule has 0 aromatic heterocycles. The summed E-state index contributed by atoms with van der Waals surface area (Å²) in [6, 6.07) is 0. The summed E-state index contributed by atoms with van der Waals surface area (Å²) in [5.74, 6) is 1.53. The third-order valence-corrected chi connectivity index (χ3v) is 5.17. The fraction of sp³-hybridized carbons (Fsp3) is 1.00. The lowest BCUT2D eigenvalue weighted by Gasteiger charge is -2.25. The SMILES string of the molecule is CC(C)CC(CN)CCN1CCC2(CCCC2)C1. The Labute approximate surface area is 113 Å². The van der Waals surface area contributed by atoms with Crippen LogP contribution in [0.1, 0.15) is 58.8 Å². The molecule has 2 fully saturated rings. The van der Waals surface area contributed by atoms with Gasteiger partial charge in [-0.05, 0) is 69.0 Å². The number of hydrogen-bond acceptors (Lipinski definition) is 2. The molecule has 0 bridgehead atoms. The van der Waals surface area contributed by atoms with Crippen LogP contribution in [-0.4, -0.2) is 31.1 Å². The Morgan fingerprint density at radius 2 is 1.89 bits per heavy atom. The Morgan fingerprint density at radius 3 is 2.50 bits per heavy atom. The van der Waals surface area contributed by atoms with Gasteiger partial charge in [-0.3, -0.25) is 0 Å². The van der Waals surface area contributed by atoms with E-state index in [4.69, 9.17) is 5.73 Å². The molecule has 2 aliphatic rings. The molecule has 2 nitrogen and oxygen atoms in total. The maximum absolute atomic E-state index is 5.90. The van der Waals surface area contributed by atoms with Crippen LogP contribution in [0.25, 0.3) is 0 Å². The third-order valence-electron chi connectivity index (χ3n) is 5.17. The molecule has 2 N–H and O–H groups in total. The van der Waals surface area contributed by atoms with E-state index in [1.807, 2.05) is 0 Å². The van der Waals surface area contributed by atoms with E-state index in [-0.39, 0.29) is 0 Å². The highest BCUT2D eigenvalue weighted by atomic mass is 15.2. The number of likely N-dealkylation sites (tertiary alicyclic amines) is 1. The van der Waals surface area contributed by atoms with Gasteiger partial charge in [-0.2, -0.15) is 0 Å². The van der Waals surface area contributed by atoms with Crippen LogP contribution < -0.4 is 5.73 Å². The first-order chi connectivity index (χ1) is 8.63. The van der Waals surface area contributed by atoms with Crippen LogP contribution in [-0.2, 0) is 0 Å². The molecule has 2 heteroatoms. The summed E-state index contributed by atoms with van der Waals surface area (Å²) in [5, 5.41) is 0. The van der Waals surface area contributed by atoms with Crippen LogP contribution in [0.5, 0.6) is 0 Å². The number of hydrogen-bond donors (Lipinski definition) is 1. The highest BCUT2D eigenvalue weighted by molar-refractivity contribution is 4.93. The van der Waals surface area contributed by atoms with Gasteiger partial charge in [0, 0.05) is 6.54 Å². The van der Waals surface area contributed by atoms with Gasteiger partial charge in [0.2, 0.25) is 0 Å². The van der Waals surface area contributed by atoms with E-state index in [9.17, 15) is 0 Å². The van der Waals surface area contributed by atoms with Gasteiger partial charge < -0.3 is 10.6 Å². The van der Waals surface area contributed by atoms with E-state index >= 15 is 0 Å². The van der Waals surface area contributed by atoms with Gasteiger partial charge in [-0.25, -0.2) is 0 Å². The van der Waals surface area contributed by atoms with Gasteiger partial charge in [0.15, 0.2) is 0 Å². The minimum atomic E-state index is 0.732. The molecule has 2 rings (SSSR count). The quantitative estimate of drug-likeness (QED) is 0.786. The first-order valence-corrected chi connectivity index (χ1v) is 8.06. The van der Waals surface area contributed by atoms with E-state index in [1.165, 1.54) is 64.6 Å². The van der Waals surface area contributed by atoms with Gasteiger partial charge >= 0.3 is 0 Å². The molecule has 1 unspecified atom stereocenters. The third kappa shape index (κ3) is 3.71. The Hall–Kier alpha value is -0.0800. The Kier molecular flexibility index (Phi) is 5.08. The summed E-state index contributed by atoms with van der Waals surface area (Å²) in [5.41, 5.74) is 6.64. The predicted molar refractivity (Wildman–Crippen MR) is 78.6 cm³/mol. The molecular weight excluding hydrogens is 220 g/mol. The standard InChI is InChI=1S/C16H32N2/c1-14(2)11-15(12-17)5-9-18-10-8-16(13-18)6-3-4-7-16/h14-15H,3-13,17H2,1-2H3. The Bertz CT molecular complexity index is 243. The topological polar surface area (TPSA) is 29.3 Å². The Morgan fingerprint density at radius 1 is 1.17 bits per heavy atom.